The molecule has 0 saturated carbocycles. The van der Waals surface area contributed by atoms with Gasteiger partial charge in [0.05, 0.1) is 13.2 Å². The average molecular weight is 389 g/mol. The van der Waals surface area contributed by atoms with Gasteiger partial charge in [-0.05, 0) is 37.3 Å². The summed E-state index contributed by atoms with van der Waals surface area (Å²) in [4.78, 5) is 13.1. The van der Waals surface area contributed by atoms with Crippen LogP contribution in [0, 0.1) is 5.92 Å². The number of benzene rings is 1. The number of hydrogen-bond donors (Lipinski definition) is 0. The molecule has 0 N–H and O–H groups in total. The van der Waals surface area contributed by atoms with E-state index in [4.69, 9.17) is 18.9 Å². The number of carbonyl (C=O) groups excluding carboxylic acids is 1. The molecule has 1 unspecified atom stereocenters. The number of hydrogen-bond acceptors (Lipinski definition) is 5. The van der Waals surface area contributed by atoms with Crippen molar-refractivity contribution in [2.45, 2.75) is 51.7 Å². The van der Waals surface area contributed by atoms with Crippen LogP contribution in [0.5, 0.6) is 5.75 Å². The van der Waals surface area contributed by atoms with Crippen LogP contribution in [0.1, 0.15) is 49.0 Å². The van der Waals surface area contributed by atoms with E-state index in [0.717, 1.165) is 12.0 Å². The van der Waals surface area contributed by atoms with Gasteiger partial charge in [0.15, 0.2) is 0 Å². The number of fused-ring (bicyclic) bond motifs is 1. The molecular weight excluding hydrogens is 356 g/mol. The minimum atomic E-state index is -0.353. The van der Waals surface area contributed by atoms with Crippen molar-refractivity contribution in [3.8, 4) is 5.75 Å². The molecular formula is C23H32O5. The highest BCUT2D eigenvalue weighted by Gasteiger charge is 2.27. The number of methoxy groups -OCH3 is 2. The van der Waals surface area contributed by atoms with E-state index in [0.29, 0.717) is 30.6 Å². The van der Waals surface area contributed by atoms with E-state index in [1.54, 1.807) is 20.3 Å². The topological polar surface area (TPSA) is 54.0 Å². The number of esters is 1. The quantitative estimate of drug-likeness (QED) is 0.401. The van der Waals surface area contributed by atoms with E-state index < -0.39 is 0 Å². The normalized spacial score (nSPS) is 24.7. The van der Waals surface area contributed by atoms with Gasteiger partial charge in [-0.1, -0.05) is 43.4 Å². The molecule has 1 aromatic carbocycles. The lowest BCUT2D eigenvalue weighted by Crippen LogP contribution is -2.31. The van der Waals surface area contributed by atoms with Crippen LogP contribution < -0.4 is 4.74 Å². The highest BCUT2D eigenvalue weighted by Crippen LogP contribution is 2.28. The highest BCUT2D eigenvalue weighted by atomic mass is 16.7. The third-order valence-corrected chi connectivity index (χ3v) is 4.99. The molecule has 0 bridgehead atoms. The Morgan fingerprint density at radius 3 is 2.79 bits per heavy atom. The molecule has 0 radical (unpaired) electrons. The fourth-order valence-corrected chi connectivity index (χ4v) is 3.39. The molecule has 2 rings (SSSR count). The largest absolute Gasteiger partial charge is 0.496 e. The molecule has 5 heteroatoms. The van der Waals surface area contributed by atoms with Crippen molar-refractivity contribution >= 4 is 5.97 Å². The smallest absolute Gasteiger partial charge is 0.342 e. The van der Waals surface area contributed by atoms with E-state index >= 15 is 0 Å². The summed E-state index contributed by atoms with van der Waals surface area (Å²) in [5.41, 5.74) is 1.41. The molecule has 28 heavy (non-hydrogen) atoms. The van der Waals surface area contributed by atoms with Crippen molar-refractivity contribution in [2.75, 3.05) is 21.0 Å². The Kier molecular flexibility index (Phi) is 9.24. The number of cyclic esters (lactones) is 1. The fraction of sp³-hybridized carbons (Fsp3) is 0.522. The summed E-state index contributed by atoms with van der Waals surface area (Å²) >= 11 is 0. The van der Waals surface area contributed by atoms with Crippen molar-refractivity contribution in [1.29, 1.82) is 0 Å². The molecule has 0 aromatic heterocycles. The van der Waals surface area contributed by atoms with Crippen molar-refractivity contribution in [1.82, 2.24) is 0 Å². The Balaban J connectivity index is 2.37. The van der Waals surface area contributed by atoms with Gasteiger partial charge in [-0.2, -0.15) is 0 Å². The maximum Gasteiger partial charge on any atom is 0.342 e. The van der Waals surface area contributed by atoms with E-state index in [2.05, 4.69) is 19.1 Å². The van der Waals surface area contributed by atoms with Crippen LogP contribution in [-0.2, 0) is 20.6 Å². The molecule has 3 atom stereocenters. The second-order valence-electron chi connectivity index (χ2n) is 7.06. The van der Waals surface area contributed by atoms with Crippen molar-refractivity contribution in [3.05, 3.63) is 53.6 Å². The third-order valence-electron chi connectivity index (χ3n) is 4.99. The Morgan fingerprint density at radius 2 is 2.07 bits per heavy atom. The summed E-state index contributed by atoms with van der Waals surface area (Å²) in [6.07, 6.45) is 10.7. The van der Waals surface area contributed by atoms with Crippen LogP contribution in [0.2, 0.25) is 0 Å². The van der Waals surface area contributed by atoms with Gasteiger partial charge in [0.25, 0.3) is 0 Å². The predicted molar refractivity (Wildman–Crippen MR) is 110 cm³/mol. The maximum absolute atomic E-state index is 13.1. The van der Waals surface area contributed by atoms with Gasteiger partial charge in [0, 0.05) is 20.0 Å². The summed E-state index contributed by atoms with van der Waals surface area (Å²) in [6.45, 7) is 4.34. The Bertz CT molecular complexity index is 680. The minimum Gasteiger partial charge on any atom is -0.496 e. The molecule has 0 saturated heterocycles. The molecule has 1 heterocycles. The number of carbonyl (C=O) groups is 1. The van der Waals surface area contributed by atoms with Gasteiger partial charge in [0.1, 0.15) is 24.2 Å². The first-order valence-corrected chi connectivity index (χ1v) is 9.84. The molecule has 1 aliphatic rings. The molecule has 1 aliphatic heterocycles. The lowest BCUT2D eigenvalue weighted by atomic mass is 9.93. The number of ether oxygens (including phenoxy) is 4. The molecule has 1 aromatic rings. The van der Waals surface area contributed by atoms with Gasteiger partial charge in [-0.15, -0.1) is 0 Å². The Hall–Kier alpha value is -2.11. The standard InChI is InChI=1S/C23H32O5/c1-5-6-13-19-15-21(27-16-25-3)17(2)10-7-8-11-18-12-9-14-20(26-4)22(18)23(24)28-19/h5-9,12,14,17,19,21H,10-11,13,15-16H2,1-4H3/b6-5+,8-7+/t17-,19?,21+/m0/s1. The van der Waals surface area contributed by atoms with Crippen molar-refractivity contribution in [2.24, 2.45) is 5.92 Å². The van der Waals surface area contributed by atoms with E-state index in [1.165, 1.54) is 0 Å². The summed E-state index contributed by atoms with van der Waals surface area (Å²) in [5.74, 6) is 0.467. The molecule has 5 nitrogen and oxygen atoms in total. The van der Waals surface area contributed by atoms with E-state index in [1.807, 2.05) is 31.2 Å². The number of rotatable bonds is 6. The van der Waals surface area contributed by atoms with Gasteiger partial charge < -0.3 is 18.9 Å². The van der Waals surface area contributed by atoms with Gasteiger partial charge in [-0.25, -0.2) is 4.79 Å². The zero-order chi connectivity index (χ0) is 20.4. The third kappa shape index (κ3) is 6.21. The second-order valence-corrected chi connectivity index (χ2v) is 7.06. The first kappa shape index (κ1) is 22.2. The second kappa shape index (κ2) is 11.7. The average Bonchev–Trinajstić information content (AvgIpc) is 2.70. The van der Waals surface area contributed by atoms with Crippen LogP contribution in [0.15, 0.2) is 42.5 Å². The highest BCUT2D eigenvalue weighted by molar-refractivity contribution is 5.94. The SMILES string of the molecule is C/C=C/CC1C[C@@H](OCOC)[C@@H](C)C/C=C/Cc2cccc(OC)c2C(=O)O1. The van der Waals surface area contributed by atoms with Gasteiger partial charge in [-0.3, -0.25) is 0 Å². The zero-order valence-electron chi connectivity index (χ0n) is 17.4. The Labute approximate surface area is 168 Å². The maximum atomic E-state index is 13.1. The van der Waals surface area contributed by atoms with Crippen LogP contribution in [0.3, 0.4) is 0 Å². The minimum absolute atomic E-state index is 0.0655. The summed E-state index contributed by atoms with van der Waals surface area (Å²) < 4.78 is 22.4. The number of allylic oxidation sites excluding steroid dienone is 3. The lowest BCUT2D eigenvalue weighted by molar-refractivity contribution is -0.102. The van der Waals surface area contributed by atoms with Crippen LogP contribution >= 0.6 is 0 Å². The molecule has 0 spiro atoms. The first-order chi connectivity index (χ1) is 13.6. The molecule has 154 valence electrons. The summed E-state index contributed by atoms with van der Waals surface area (Å²) in [7, 11) is 3.18. The van der Waals surface area contributed by atoms with Crippen molar-refractivity contribution in [3.63, 3.8) is 0 Å². The summed E-state index contributed by atoms with van der Waals surface area (Å²) in [6, 6.07) is 5.65. The van der Waals surface area contributed by atoms with Crippen molar-refractivity contribution < 1.29 is 23.7 Å². The molecule has 0 amide bonds. The molecule has 0 aliphatic carbocycles. The zero-order valence-corrected chi connectivity index (χ0v) is 17.4. The Morgan fingerprint density at radius 1 is 1.25 bits per heavy atom. The van der Waals surface area contributed by atoms with Crippen LogP contribution in [0.25, 0.3) is 0 Å². The monoisotopic (exact) mass is 388 g/mol. The molecule has 0 fully saturated rings. The lowest BCUT2D eigenvalue weighted by Gasteiger charge is -2.28. The van der Waals surface area contributed by atoms with Crippen LogP contribution in [-0.4, -0.2) is 39.2 Å². The van der Waals surface area contributed by atoms with Gasteiger partial charge >= 0.3 is 5.97 Å². The van der Waals surface area contributed by atoms with E-state index in [9.17, 15) is 4.79 Å². The van der Waals surface area contributed by atoms with E-state index in [-0.39, 0.29) is 30.9 Å². The summed E-state index contributed by atoms with van der Waals surface area (Å²) in [5, 5.41) is 0. The fourth-order valence-electron chi connectivity index (χ4n) is 3.39. The van der Waals surface area contributed by atoms with Gasteiger partial charge in [0.2, 0.25) is 0 Å². The first-order valence-electron chi connectivity index (χ1n) is 9.84. The van der Waals surface area contributed by atoms with Crippen LogP contribution in [0.4, 0.5) is 0 Å². The predicted octanol–water partition coefficient (Wildman–Crippen LogP) is 4.70.